The SMILES string of the molecule is CNC(=O)C(C)NC(=O)C1CCNC1. The Morgan fingerprint density at radius 1 is 1.50 bits per heavy atom. The fraction of sp³-hybridized carbons (Fsp3) is 0.778. The topological polar surface area (TPSA) is 70.2 Å². The molecule has 2 amide bonds. The van der Waals surface area contributed by atoms with Gasteiger partial charge in [-0.15, -0.1) is 0 Å². The van der Waals surface area contributed by atoms with E-state index < -0.39 is 6.04 Å². The van der Waals surface area contributed by atoms with Gasteiger partial charge >= 0.3 is 0 Å². The molecule has 1 saturated heterocycles. The van der Waals surface area contributed by atoms with Gasteiger partial charge in [-0.3, -0.25) is 9.59 Å². The molecule has 5 nitrogen and oxygen atoms in total. The summed E-state index contributed by atoms with van der Waals surface area (Å²) in [4.78, 5) is 22.7. The Morgan fingerprint density at radius 2 is 2.21 bits per heavy atom. The minimum Gasteiger partial charge on any atom is -0.357 e. The van der Waals surface area contributed by atoms with Crippen molar-refractivity contribution >= 4 is 11.8 Å². The van der Waals surface area contributed by atoms with Crippen molar-refractivity contribution in [1.29, 1.82) is 0 Å². The number of carbonyl (C=O) groups excluding carboxylic acids is 2. The van der Waals surface area contributed by atoms with Crippen molar-refractivity contribution in [2.24, 2.45) is 5.92 Å². The fourth-order valence-electron chi connectivity index (χ4n) is 1.49. The number of rotatable bonds is 3. The molecule has 1 aliphatic heterocycles. The molecule has 1 aliphatic rings. The van der Waals surface area contributed by atoms with E-state index in [2.05, 4.69) is 16.0 Å². The molecule has 0 saturated carbocycles. The summed E-state index contributed by atoms with van der Waals surface area (Å²) in [5.41, 5.74) is 0. The maximum Gasteiger partial charge on any atom is 0.242 e. The molecule has 1 fully saturated rings. The Bertz CT molecular complexity index is 224. The summed E-state index contributed by atoms with van der Waals surface area (Å²) in [6.45, 7) is 3.28. The van der Waals surface area contributed by atoms with Crippen LogP contribution in [0.4, 0.5) is 0 Å². The van der Waals surface area contributed by atoms with E-state index in [4.69, 9.17) is 0 Å². The lowest BCUT2D eigenvalue weighted by Crippen LogP contribution is -2.46. The minimum absolute atomic E-state index is 0.0158. The second-order valence-electron chi connectivity index (χ2n) is 3.53. The molecular weight excluding hydrogens is 182 g/mol. The van der Waals surface area contributed by atoms with Gasteiger partial charge in [-0.05, 0) is 19.9 Å². The summed E-state index contributed by atoms with van der Waals surface area (Å²) >= 11 is 0. The third-order valence-electron chi connectivity index (χ3n) is 2.43. The molecule has 14 heavy (non-hydrogen) atoms. The molecule has 0 aromatic heterocycles. The van der Waals surface area contributed by atoms with Crippen LogP contribution in [-0.2, 0) is 9.59 Å². The van der Waals surface area contributed by atoms with Crippen LogP contribution in [0.15, 0.2) is 0 Å². The van der Waals surface area contributed by atoms with E-state index in [1.807, 2.05) is 0 Å². The van der Waals surface area contributed by atoms with Crippen molar-refractivity contribution in [3.63, 3.8) is 0 Å². The monoisotopic (exact) mass is 199 g/mol. The average molecular weight is 199 g/mol. The summed E-state index contributed by atoms with van der Waals surface area (Å²) in [6, 6.07) is -0.451. The Morgan fingerprint density at radius 3 is 2.71 bits per heavy atom. The smallest absolute Gasteiger partial charge is 0.242 e. The maximum atomic E-state index is 11.5. The molecule has 5 heteroatoms. The molecule has 2 unspecified atom stereocenters. The van der Waals surface area contributed by atoms with Gasteiger partial charge in [0, 0.05) is 13.6 Å². The van der Waals surface area contributed by atoms with E-state index >= 15 is 0 Å². The molecule has 1 heterocycles. The average Bonchev–Trinajstić information content (AvgIpc) is 2.69. The van der Waals surface area contributed by atoms with E-state index in [0.29, 0.717) is 6.54 Å². The van der Waals surface area contributed by atoms with Crippen molar-refractivity contribution in [3.8, 4) is 0 Å². The number of nitrogens with one attached hydrogen (secondary N) is 3. The van der Waals surface area contributed by atoms with Gasteiger partial charge in [0.05, 0.1) is 5.92 Å². The van der Waals surface area contributed by atoms with Crippen molar-refractivity contribution in [1.82, 2.24) is 16.0 Å². The van der Waals surface area contributed by atoms with Gasteiger partial charge in [-0.2, -0.15) is 0 Å². The molecule has 2 atom stereocenters. The summed E-state index contributed by atoms with van der Waals surface area (Å²) in [5.74, 6) is -0.183. The highest BCUT2D eigenvalue weighted by Crippen LogP contribution is 2.07. The van der Waals surface area contributed by atoms with Crippen LogP contribution in [0.5, 0.6) is 0 Å². The van der Waals surface area contributed by atoms with Crippen LogP contribution < -0.4 is 16.0 Å². The molecule has 1 rings (SSSR count). The highest BCUT2D eigenvalue weighted by atomic mass is 16.2. The van der Waals surface area contributed by atoms with Gasteiger partial charge in [0.2, 0.25) is 11.8 Å². The summed E-state index contributed by atoms with van der Waals surface area (Å²) in [7, 11) is 1.56. The molecule has 80 valence electrons. The zero-order chi connectivity index (χ0) is 10.6. The van der Waals surface area contributed by atoms with Crippen molar-refractivity contribution < 1.29 is 9.59 Å². The first-order valence-corrected chi connectivity index (χ1v) is 4.88. The Kier molecular flexibility index (Phi) is 3.88. The fourth-order valence-corrected chi connectivity index (χ4v) is 1.49. The lowest BCUT2D eigenvalue weighted by atomic mass is 10.1. The first-order valence-electron chi connectivity index (χ1n) is 4.88. The third-order valence-corrected chi connectivity index (χ3v) is 2.43. The highest BCUT2D eigenvalue weighted by molar-refractivity contribution is 5.88. The van der Waals surface area contributed by atoms with Crippen molar-refractivity contribution in [3.05, 3.63) is 0 Å². The van der Waals surface area contributed by atoms with Crippen LogP contribution in [-0.4, -0.2) is 38.0 Å². The van der Waals surface area contributed by atoms with Gasteiger partial charge in [0.1, 0.15) is 6.04 Å². The number of hydrogen-bond donors (Lipinski definition) is 3. The summed E-state index contributed by atoms with van der Waals surface area (Å²) < 4.78 is 0. The molecule has 0 bridgehead atoms. The minimum atomic E-state index is -0.451. The van der Waals surface area contributed by atoms with Crippen molar-refractivity contribution in [2.75, 3.05) is 20.1 Å². The van der Waals surface area contributed by atoms with Crippen LogP contribution in [0.2, 0.25) is 0 Å². The lowest BCUT2D eigenvalue weighted by Gasteiger charge is -2.15. The van der Waals surface area contributed by atoms with Gasteiger partial charge in [0.25, 0.3) is 0 Å². The van der Waals surface area contributed by atoms with E-state index in [0.717, 1.165) is 13.0 Å². The first kappa shape index (κ1) is 11.0. The molecule has 3 N–H and O–H groups in total. The number of hydrogen-bond acceptors (Lipinski definition) is 3. The normalized spacial score (nSPS) is 22.9. The maximum absolute atomic E-state index is 11.5. The van der Waals surface area contributed by atoms with E-state index in [-0.39, 0.29) is 17.7 Å². The zero-order valence-electron chi connectivity index (χ0n) is 8.59. The van der Waals surface area contributed by atoms with Crippen LogP contribution in [0.25, 0.3) is 0 Å². The molecule has 0 aromatic carbocycles. The lowest BCUT2D eigenvalue weighted by molar-refractivity contribution is -0.130. The summed E-state index contributed by atoms with van der Waals surface area (Å²) in [6.07, 6.45) is 0.853. The van der Waals surface area contributed by atoms with Gasteiger partial charge in [-0.1, -0.05) is 0 Å². The standard InChI is InChI=1S/C9H17N3O2/c1-6(8(13)10-2)12-9(14)7-3-4-11-5-7/h6-7,11H,3-5H2,1-2H3,(H,10,13)(H,12,14). The Labute approximate surface area is 83.6 Å². The van der Waals surface area contributed by atoms with Crippen molar-refractivity contribution in [2.45, 2.75) is 19.4 Å². The number of carbonyl (C=O) groups is 2. The second kappa shape index (κ2) is 4.95. The summed E-state index contributed by atoms with van der Waals surface area (Å²) in [5, 5.41) is 8.28. The van der Waals surface area contributed by atoms with E-state index in [1.54, 1.807) is 14.0 Å². The Balaban J connectivity index is 2.35. The van der Waals surface area contributed by atoms with Gasteiger partial charge < -0.3 is 16.0 Å². The van der Waals surface area contributed by atoms with E-state index in [9.17, 15) is 9.59 Å². The molecule has 0 aromatic rings. The number of amides is 2. The first-order chi connectivity index (χ1) is 6.65. The predicted octanol–water partition coefficient (Wildman–Crippen LogP) is -1.15. The van der Waals surface area contributed by atoms with E-state index in [1.165, 1.54) is 0 Å². The third kappa shape index (κ3) is 2.70. The van der Waals surface area contributed by atoms with Gasteiger partial charge in [0.15, 0.2) is 0 Å². The predicted molar refractivity (Wildman–Crippen MR) is 52.6 cm³/mol. The van der Waals surface area contributed by atoms with Crippen LogP contribution in [0.1, 0.15) is 13.3 Å². The molecule has 0 spiro atoms. The second-order valence-corrected chi connectivity index (χ2v) is 3.53. The van der Waals surface area contributed by atoms with Gasteiger partial charge in [-0.25, -0.2) is 0 Å². The largest absolute Gasteiger partial charge is 0.357 e. The zero-order valence-corrected chi connectivity index (χ0v) is 8.59. The van der Waals surface area contributed by atoms with Crippen LogP contribution >= 0.6 is 0 Å². The molecule has 0 radical (unpaired) electrons. The quantitative estimate of drug-likeness (QED) is 0.537. The van der Waals surface area contributed by atoms with Crippen LogP contribution in [0.3, 0.4) is 0 Å². The molecular formula is C9H17N3O2. The molecule has 0 aliphatic carbocycles. The highest BCUT2D eigenvalue weighted by Gasteiger charge is 2.24. The Hall–Kier alpha value is -1.10. The number of likely N-dealkylation sites (N-methyl/N-ethyl adjacent to an activating group) is 1. The van der Waals surface area contributed by atoms with Crippen LogP contribution in [0, 0.1) is 5.92 Å².